The van der Waals surface area contributed by atoms with Crippen LogP contribution in [0.3, 0.4) is 0 Å². The van der Waals surface area contributed by atoms with Crippen molar-refractivity contribution in [3.8, 4) is 0 Å². The second-order valence-corrected chi connectivity index (χ2v) is 6.57. The Morgan fingerprint density at radius 1 is 1.33 bits per heavy atom. The first-order valence-corrected chi connectivity index (χ1v) is 8.55. The quantitative estimate of drug-likeness (QED) is 0.925. The molecular formula is C16H22N2O2S. The van der Waals surface area contributed by atoms with E-state index in [9.17, 15) is 9.59 Å². The van der Waals surface area contributed by atoms with Crippen molar-refractivity contribution in [3.05, 3.63) is 35.9 Å². The number of rotatable bonds is 4. The molecule has 1 aliphatic rings. The molecule has 5 heteroatoms. The largest absolute Gasteiger partial charge is 0.338 e. The molecule has 1 aromatic rings. The molecule has 2 rings (SSSR count). The van der Waals surface area contributed by atoms with Crippen LogP contribution in [-0.2, 0) is 15.1 Å². The van der Waals surface area contributed by atoms with Gasteiger partial charge in [0, 0.05) is 24.8 Å². The summed E-state index contributed by atoms with van der Waals surface area (Å²) in [4.78, 5) is 27.0. The summed E-state index contributed by atoms with van der Waals surface area (Å²) in [6.07, 6.45) is 2.37. The molecule has 21 heavy (non-hydrogen) atoms. The molecule has 4 nitrogen and oxygen atoms in total. The molecule has 0 aromatic heterocycles. The van der Waals surface area contributed by atoms with Gasteiger partial charge < -0.3 is 10.2 Å². The number of carbonyl (C=O) groups excluding carboxylic acids is 2. The molecule has 0 saturated carbocycles. The monoisotopic (exact) mass is 306 g/mol. The number of nitrogens with zero attached hydrogens (tertiary/aromatic N) is 1. The topological polar surface area (TPSA) is 49.4 Å². The van der Waals surface area contributed by atoms with Crippen LogP contribution in [0.2, 0.25) is 0 Å². The minimum Gasteiger partial charge on any atom is -0.338 e. The van der Waals surface area contributed by atoms with Crippen LogP contribution in [0.25, 0.3) is 0 Å². The zero-order valence-corrected chi connectivity index (χ0v) is 13.6. The van der Waals surface area contributed by atoms with Gasteiger partial charge in [-0.05, 0) is 25.7 Å². The van der Waals surface area contributed by atoms with Gasteiger partial charge in [0.15, 0.2) is 0 Å². The van der Waals surface area contributed by atoms with E-state index < -0.39 is 5.54 Å². The lowest BCUT2D eigenvalue weighted by Crippen LogP contribution is -2.53. The molecule has 2 unspecified atom stereocenters. The predicted octanol–water partition coefficient (Wildman–Crippen LogP) is 2.00. The van der Waals surface area contributed by atoms with Crippen molar-refractivity contribution in [1.82, 2.24) is 10.2 Å². The highest BCUT2D eigenvalue weighted by Gasteiger charge is 2.43. The molecule has 1 fully saturated rings. The Hall–Kier alpha value is -1.49. The Kier molecular flexibility index (Phi) is 4.93. The van der Waals surface area contributed by atoms with Crippen molar-refractivity contribution in [2.75, 3.05) is 18.6 Å². The summed E-state index contributed by atoms with van der Waals surface area (Å²) >= 11 is 1.70. The number of nitrogens with one attached hydrogen (secondary N) is 1. The highest BCUT2D eigenvalue weighted by molar-refractivity contribution is 7.98. The Labute approximate surface area is 130 Å². The second-order valence-electron chi connectivity index (χ2n) is 5.58. The zero-order valence-electron chi connectivity index (χ0n) is 12.8. The van der Waals surface area contributed by atoms with Gasteiger partial charge in [-0.1, -0.05) is 30.3 Å². The fraction of sp³-hybridized carbons (Fsp3) is 0.500. The standard InChI is InChI=1S/C16H22N2O2S/c1-12-11-14(19)17-16(2,13-7-5-4-6-8-13)15(20)18(12)9-10-21-3/h4-8,12H,9-11H2,1-3H3,(H,17,19). The summed E-state index contributed by atoms with van der Waals surface area (Å²) in [5, 5.41) is 2.92. The zero-order chi connectivity index (χ0) is 15.5. The van der Waals surface area contributed by atoms with Gasteiger partial charge >= 0.3 is 0 Å². The van der Waals surface area contributed by atoms with E-state index in [2.05, 4.69) is 5.32 Å². The van der Waals surface area contributed by atoms with Crippen molar-refractivity contribution >= 4 is 23.6 Å². The van der Waals surface area contributed by atoms with Gasteiger partial charge in [0.25, 0.3) is 5.91 Å². The first-order chi connectivity index (χ1) is 9.99. The Balaban J connectivity index is 2.39. The molecule has 1 aromatic carbocycles. The minimum atomic E-state index is -0.985. The van der Waals surface area contributed by atoms with E-state index in [1.807, 2.05) is 48.4 Å². The third-order valence-corrected chi connectivity index (χ3v) is 4.57. The van der Waals surface area contributed by atoms with E-state index in [0.29, 0.717) is 13.0 Å². The van der Waals surface area contributed by atoms with E-state index in [1.54, 1.807) is 18.7 Å². The SMILES string of the molecule is CSCCN1C(=O)C(C)(c2ccccc2)NC(=O)CC1C. The summed E-state index contributed by atoms with van der Waals surface area (Å²) in [6.45, 7) is 4.40. The summed E-state index contributed by atoms with van der Waals surface area (Å²) in [7, 11) is 0. The molecule has 114 valence electrons. The van der Waals surface area contributed by atoms with Gasteiger partial charge in [0.1, 0.15) is 5.54 Å². The number of hydrogen-bond donors (Lipinski definition) is 1. The van der Waals surface area contributed by atoms with Gasteiger partial charge in [0.05, 0.1) is 0 Å². The average Bonchev–Trinajstić information content (AvgIpc) is 2.55. The molecule has 1 heterocycles. The average molecular weight is 306 g/mol. The first kappa shape index (κ1) is 15.9. The summed E-state index contributed by atoms with van der Waals surface area (Å²) in [5.41, 5.74) is -0.159. The maximum atomic E-state index is 13.0. The number of amides is 2. The van der Waals surface area contributed by atoms with Gasteiger partial charge in [-0.15, -0.1) is 0 Å². The number of carbonyl (C=O) groups is 2. The predicted molar refractivity (Wildman–Crippen MR) is 86.1 cm³/mol. The van der Waals surface area contributed by atoms with E-state index in [-0.39, 0.29) is 17.9 Å². The highest BCUT2D eigenvalue weighted by atomic mass is 32.2. The normalized spacial score (nSPS) is 26.4. The third kappa shape index (κ3) is 3.23. The van der Waals surface area contributed by atoms with Crippen LogP contribution in [0.4, 0.5) is 0 Å². The van der Waals surface area contributed by atoms with E-state index in [0.717, 1.165) is 11.3 Å². The Morgan fingerprint density at radius 2 is 2.00 bits per heavy atom. The Morgan fingerprint density at radius 3 is 2.62 bits per heavy atom. The molecular weight excluding hydrogens is 284 g/mol. The number of benzene rings is 1. The molecule has 1 aliphatic heterocycles. The van der Waals surface area contributed by atoms with Crippen LogP contribution in [0.1, 0.15) is 25.8 Å². The molecule has 0 spiro atoms. The van der Waals surface area contributed by atoms with Crippen LogP contribution in [0.15, 0.2) is 30.3 Å². The summed E-state index contributed by atoms with van der Waals surface area (Å²) in [5.74, 6) is 0.768. The van der Waals surface area contributed by atoms with Gasteiger partial charge in [-0.25, -0.2) is 0 Å². The highest BCUT2D eigenvalue weighted by Crippen LogP contribution is 2.28. The maximum Gasteiger partial charge on any atom is 0.252 e. The van der Waals surface area contributed by atoms with Gasteiger partial charge in [-0.3, -0.25) is 9.59 Å². The summed E-state index contributed by atoms with van der Waals surface area (Å²) < 4.78 is 0. The van der Waals surface area contributed by atoms with Gasteiger partial charge in [0.2, 0.25) is 5.91 Å². The van der Waals surface area contributed by atoms with Crippen LogP contribution in [0, 0.1) is 0 Å². The fourth-order valence-corrected chi connectivity index (χ4v) is 3.11. The van der Waals surface area contributed by atoms with Crippen molar-refractivity contribution in [2.45, 2.75) is 31.8 Å². The smallest absolute Gasteiger partial charge is 0.252 e. The maximum absolute atomic E-state index is 13.0. The first-order valence-electron chi connectivity index (χ1n) is 7.15. The number of hydrogen-bond acceptors (Lipinski definition) is 3. The minimum absolute atomic E-state index is 0.0268. The molecule has 0 aliphatic carbocycles. The Bertz CT molecular complexity index is 520. The number of thioether (sulfide) groups is 1. The molecule has 2 atom stereocenters. The van der Waals surface area contributed by atoms with Gasteiger partial charge in [-0.2, -0.15) is 11.8 Å². The van der Waals surface area contributed by atoms with Crippen LogP contribution < -0.4 is 5.32 Å². The lowest BCUT2D eigenvalue weighted by atomic mass is 9.90. The van der Waals surface area contributed by atoms with E-state index >= 15 is 0 Å². The van der Waals surface area contributed by atoms with Crippen LogP contribution in [0.5, 0.6) is 0 Å². The molecule has 1 saturated heterocycles. The molecule has 1 N–H and O–H groups in total. The van der Waals surface area contributed by atoms with Crippen molar-refractivity contribution < 1.29 is 9.59 Å². The van der Waals surface area contributed by atoms with Crippen LogP contribution >= 0.6 is 11.8 Å². The summed E-state index contributed by atoms with van der Waals surface area (Å²) in [6, 6.07) is 9.39. The van der Waals surface area contributed by atoms with Crippen molar-refractivity contribution in [3.63, 3.8) is 0 Å². The fourth-order valence-electron chi connectivity index (χ4n) is 2.73. The van der Waals surface area contributed by atoms with E-state index in [1.165, 1.54) is 0 Å². The lowest BCUT2D eigenvalue weighted by Gasteiger charge is -2.34. The second kappa shape index (κ2) is 6.52. The van der Waals surface area contributed by atoms with Crippen LogP contribution in [-0.4, -0.2) is 41.3 Å². The van der Waals surface area contributed by atoms with E-state index in [4.69, 9.17) is 0 Å². The van der Waals surface area contributed by atoms with Crippen molar-refractivity contribution in [2.24, 2.45) is 0 Å². The molecule has 2 amide bonds. The lowest BCUT2D eigenvalue weighted by molar-refractivity contribution is -0.139. The molecule has 0 bridgehead atoms. The van der Waals surface area contributed by atoms with Crippen molar-refractivity contribution in [1.29, 1.82) is 0 Å². The third-order valence-electron chi connectivity index (χ3n) is 3.98. The molecule has 0 radical (unpaired) electrons.